The van der Waals surface area contributed by atoms with E-state index >= 15 is 0 Å². The van der Waals surface area contributed by atoms with Gasteiger partial charge in [-0.05, 0) is 36.1 Å². The molecule has 1 saturated heterocycles. The van der Waals surface area contributed by atoms with E-state index in [2.05, 4.69) is 64.8 Å². The van der Waals surface area contributed by atoms with Gasteiger partial charge in [-0.25, -0.2) is 4.98 Å². The van der Waals surface area contributed by atoms with Gasteiger partial charge in [-0.2, -0.15) is 0 Å². The number of pyridine rings is 2. The lowest BCUT2D eigenvalue weighted by Crippen LogP contribution is -2.46. The Hall–Kier alpha value is -1.94. The number of hydrogen-bond acceptors (Lipinski definition) is 4. The molecule has 0 saturated carbocycles. The van der Waals surface area contributed by atoms with Gasteiger partial charge in [-0.1, -0.05) is 26.0 Å². The van der Waals surface area contributed by atoms with Crippen molar-refractivity contribution in [3.05, 3.63) is 53.5 Å². The zero-order valence-corrected chi connectivity index (χ0v) is 14.4. The standard InChI is InChI=1S/C19H26N4/c1-15(2)17-5-6-18(20-13-17)14-22-8-10-23(11-9-22)19-7-4-16(3)12-21-19/h4-7,12-13,15H,8-11,14H2,1-3H3. The largest absolute Gasteiger partial charge is 0.354 e. The molecule has 3 rings (SSSR count). The maximum absolute atomic E-state index is 4.61. The van der Waals surface area contributed by atoms with E-state index in [1.165, 1.54) is 11.1 Å². The van der Waals surface area contributed by atoms with Crippen LogP contribution in [-0.2, 0) is 6.54 Å². The van der Waals surface area contributed by atoms with Crippen LogP contribution in [0.15, 0.2) is 36.7 Å². The molecule has 1 aliphatic rings. The third kappa shape index (κ3) is 4.08. The molecule has 0 bridgehead atoms. The van der Waals surface area contributed by atoms with Crippen LogP contribution in [0, 0.1) is 6.92 Å². The van der Waals surface area contributed by atoms with Gasteiger partial charge >= 0.3 is 0 Å². The van der Waals surface area contributed by atoms with E-state index in [0.717, 1.165) is 44.2 Å². The zero-order chi connectivity index (χ0) is 16.2. The van der Waals surface area contributed by atoms with Crippen LogP contribution >= 0.6 is 0 Å². The molecule has 0 spiro atoms. The summed E-state index contributed by atoms with van der Waals surface area (Å²) >= 11 is 0. The van der Waals surface area contributed by atoms with Gasteiger partial charge in [0.1, 0.15) is 5.82 Å². The van der Waals surface area contributed by atoms with E-state index in [1.807, 2.05) is 12.4 Å². The van der Waals surface area contributed by atoms with Gasteiger partial charge in [0.05, 0.1) is 5.69 Å². The van der Waals surface area contributed by atoms with Gasteiger partial charge in [0.25, 0.3) is 0 Å². The first-order valence-electron chi connectivity index (χ1n) is 8.46. The normalized spacial score (nSPS) is 16.1. The van der Waals surface area contributed by atoms with Gasteiger partial charge in [-0.15, -0.1) is 0 Å². The minimum absolute atomic E-state index is 0.544. The first-order valence-corrected chi connectivity index (χ1v) is 8.46. The Labute approximate surface area is 139 Å². The second-order valence-electron chi connectivity index (χ2n) is 6.69. The Kier molecular flexibility index (Phi) is 4.91. The predicted molar refractivity (Wildman–Crippen MR) is 94.8 cm³/mol. The van der Waals surface area contributed by atoms with E-state index < -0.39 is 0 Å². The fourth-order valence-electron chi connectivity index (χ4n) is 2.88. The highest BCUT2D eigenvalue weighted by Crippen LogP contribution is 2.16. The summed E-state index contributed by atoms with van der Waals surface area (Å²) in [6.45, 7) is 11.6. The monoisotopic (exact) mass is 310 g/mol. The summed E-state index contributed by atoms with van der Waals surface area (Å²) < 4.78 is 0. The number of aryl methyl sites for hydroxylation is 1. The van der Waals surface area contributed by atoms with Crippen molar-refractivity contribution in [3.63, 3.8) is 0 Å². The van der Waals surface area contributed by atoms with Crippen LogP contribution in [0.5, 0.6) is 0 Å². The molecule has 4 heteroatoms. The van der Waals surface area contributed by atoms with Crippen LogP contribution in [0.3, 0.4) is 0 Å². The average molecular weight is 310 g/mol. The summed E-state index contributed by atoms with van der Waals surface area (Å²) in [5.74, 6) is 1.64. The van der Waals surface area contributed by atoms with Crippen molar-refractivity contribution in [2.45, 2.75) is 33.2 Å². The Morgan fingerprint density at radius 1 is 0.957 bits per heavy atom. The highest BCUT2D eigenvalue weighted by molar-refractivity contribution is 5.39. The number of anilines is 1. The van der Waals surface area contributed by atoms with Crippen molar-refractivity contribution < 1.29 is 0 Å². The van der Waals surface area contributed by atoms with Crippen LogP contribution in [0.25, 0.3) is 0 Å². The lowest BCUT2D eigenvalue weighted by atomic mass is 10.1. The van der Waals surface area contributed by atoms with E-state index in [4.69, 9.17) is 0 Å². The molecule has 122 valence electrons. The minimum Gasteiger partial charge on any atom is -0.354 e. The summed E-state index contributed by atoms with van der Waals surface area (Å²) in [6.07, 6.45) is 3.97. The van der Waals surface area contributed by atoms with Gasteiger partial charge < -0.3 is 4.90 Å². The molecule has 2 aromatic rings. The van der Waals surface area contributed by atoms with Crippen LogP contribution in [0.1, 0.15) is 36.6 Å². The van der Waals surface area contributed by atoms with Crippen LogP contribution in [0.4, 0.5) is 5.82 Å². The van der Waals surface area contributed by atoms with Crippen LogP contribution < -0.4 is 4.90 Å². The predicted octanol–water partition coefficient (Wildman–Crippen LogP) is 3.23. The van der Waals surface area contributed by atoms with E-state index in [-0.39, 0.29) is 0 Å². The van der Waals surface area contributed by atoms with Gasteiger partial charge in [0, 0.05) is 45.1 Å². The molecule has 23 heavy (non-hydrogen) atoms. The molecule has 1 fully saturated rings. The second kappa shape index (κ2) is 7.09. The molecule has 0 N–H and O–H groups in total. The van der Waals surface area contributed by atoms with Crippen molar-refractivity contribution in [3.8, 4) is 0 Å². The third-order valence-corrected chi connectivity index (χ3v) is 4.49. The Bertz CT molecular complexity index is 611. The van der Waals surface area contributed by atoms with Crippen molar-refractivity contribution >= 4 is 5.82 Å². The van der Waals surface area contributed by atoms with Gasteiger partial charge in [0.2, 0.25) is 0 Å². The summed E-state index contributed by atoms with van der Waals surface area (Å²) in [7, 11) is 0. The molecule has 0 amide bonds. The first kappa shape index (κ1) is 15.9. The molecule has 3 heterocycles. The minimum atomic E-state index is 0.544. The maximum atomic E-state index is 4.61. The zero-order valence-electron chi connectivity index (χ0n) is 14.4. The van der Waals surface area contributed by atoms with Crippen LogP contribution in [0.2, 0.25) is 0 Å². The van der Waals surface area contributed by atoms with E-state index in [9.17, 15) is 0 Å². The Balaban J connectivity index is 1.53. The summed E-state index contributed by atoms with van der Waals surface area (Å²) in [6, 6.07) is 8.63. The second-order valence-corrected chi connectivity index (χ2v) is 6.69. The van der Waals surface area contributed by atoms with Crippen molar-refractivity contribution in [1.82, 2.24) is 14.9 Å². The number of piperazine rings is 1. The Morgan fingerprint density at radius 2 is 1.74 bits per heavy atom. The number of rotatable bonds is 4. The fraction of sp³-hybridized carbons (Fsp3) is 0.474. The number of hydrogen-bond donors (Lipinski definition) is 0. The molecule has 0 radical (unpaired) electrons. The van der Waals surface area contributed by atoms with Crippen molar-refractivity contribution in [1.29, 1.82) is 0 Å². The summed E-state index contributed by atoms with van der Waals surface area (Å²) in [4.78, 5) is 14.0. The lowest BCUT2D eigenvalue weighted by Gasteiger charge is -2.35. The molecule has 0 unspecified atom stereocenters. The fourth-order valence-corrected chi connectivity index (χ4v) is 2.88. The number of aromatic nitrogens is 2. The molecular formula is C19H26N4. The van der Waals surface area contributed by atoms with Crippen LogP contribution in [-0.4, -0.2) is 41.0 Å². The van der Waals surface area contributed by atoms with Gasteiger partial charge in [-0.3, -0.25) is 9.88 Å². The van der Waals surface area contributed by atoms with Gasteiger partial charge in [0.15, 0.2) is 0 Å². The molecule has 0 atom stereocenters. The van der Waals surface area contributed by atoms with Crippen molar-refractivity contribution in [2.75, 3.05) is 31.1 Å². The molecule has 0 aliphatic carbocycles. The summed E-state index contributed by atoms with van der Waals surface area (Å²) in [5.41, 5.74) is 3.68. The molecular weight excluding hydrogens is 284 g/mol. The van der Waals surface area contributed by atoms with E-state index in [1.54, 1.807) is 0 Å². The first-order chi connectivity index (χ1) is 11.1. The lowest BCUT2D eigenvalue weighted by molar-refractivity contribution is 0.246. The smallest absolute Gasteiger partial charge is 0.128 e. The maximum Gasteiger partial charge on any atom is 0.128 e. The molecule has 4 nitrogen and oxygen atoms in total. The highest BCUT2D eigenvalue weighted by Gasteiger charge is 2.18. The quantitative estimate of drug-likeness (QED) is 0.868. The Morgan fingerprint density at radius 3 is 2.30 bits per heavy atom. The average Bonchev–Trinajstić information content (AvgIpc) is 2.57. The highest BCUT2D eigenvalue weighted by atomic mass is 15.3. The summed E-state index contributed by atoms with van der Waals surface area (Å²) in [5, 5.41) is 0. The molecule has 0 aromatic carbocycles. The van der Waals surface area contributed by atoms with E-state index in [0.29, 0.717) is 5.92 Å². The van der Waals surface area contributed by atoms with Crippen molar-refractivity contribution in [2.24, 2.45) is 0 Å². The number of nitrogens with zero attached hydrogens (tertiary/aromatic N) is 4. The SMILES string of the molecule is Cc1ccc(N2CCN(Cc3ccc(C(C)C)cn3)CC2)nc1. The topological polar surface area (TPSA) is 32.3 Å². The molecule has 1 aliphatic heterocycles. The third-order valence-electron chi connectivity index (χ3n) is 4.49. The molecule has 2 aromatic heterocycles.